The summed E-state index contributed by atoms with van der Waals surface area (Å²) in [6.07, 6.45) is 0. The van der Waals surface area contributed by atoms with Crippen LogP contribution in [0.2, 0.25) is 0 Å². The molecule has 5 heteroatoms. The predicted molar refractivity (Wildman–Crippen MR) is 80.8 cm³/mol. The van der Waals surface area contributed by atoms with Gasteiger partial charge < -0.3 is 4.74 Å². The molecule has 0 aliphatic rings. The van der Waals surface area contributed by atoms with Gasteiger partial charge in [-0.2, -0.15) is 0 Å². The number of methoxy groups -OCH3 is 1. The minimum absolute atomic E-state index is 0.0164. The molecule has 1 atom stereocenters. The molecule has 0 fully saturated rings. The van der Waals surface area contributed by atoms with Gasteiger partial charge in [-0.25, -0.2) is 4.39 Å². The van der Waals surface area contributed by atoms with Crippen LogP contribution in [0.25, 0.3) is 0 Å². The smallest absolute Gasteiger partial charge is 0.165 e. The summed E-state index contributed by atoms with van der Waals surface area (Å²) in [5, 5.41) is 2.07. The molecule has 1 aromatic carbocycles. The molecule has 90 valence electrons. The second kappa shape index (κ2) is 5.67. The van der Waals surface area contributed by atoms with E-state index in [9.17, 15) is 4.39 Å². The van der Waals surface area contributed by atoms with E-state index in [-0.39, 0.29) is 16.4 Å². The van der Waals surface area contributed by atoms with Crippen LogP contribution in [0.5, 0.6) is 5.75 Å². The van der Waals surface area contributed by atoms with Crippen molar-refractivity contribution >= 4 is 49.9 Å². The third kappa shape index (κ3) is 3.00. The minimum atomic E-state index is -0.334. The van der Waals surface area contributed by atoms with Gasteiger partial charge in [-0.15, -0.1) is 11.3 Å². The molecule has 0 radical (unpaired) electrons. The van der Waals surface area contributed by atoms with Crippen LogP contribution in [0.4, 0.5) is 4.39 Å². The van der Waals surface area contributed by atoms with Crippen molar-refractivity contribution in [3.63, 3.8) is 0 Å². The fourth-order valence-electron chi connectivity index (χ4n) is 1.49. The Bertz CT molecular complexity index is 529. The van der Waals surface area contributed by atoms with E-state index in [1.54, 1.807) is 17.4 Å². The second-order valence-corrected chi connectivity index (χ2v) is 7.16. The highest BCUT2D eigenvalue weighted by atomic mass is 127. The molecule has 2 aromatic rings. The van der Waals surface area contributed by atoms with Crippen molar-refractivity contribution in [1.29, 1.82) is 0 Å². The van der Waals surface area contributed by atoms with Crippen molar-refractivity contribution in [1.82, 2.24) is 0 Å². The standard InChI is InChI=1S/C12H9BrFIOS/c1-16-10-3-2-7(4-9(10)14)12(13)8-5-11(15)17-6-8/h2-6,12H,1H3. The van der Waals surface area contributed by atoms with Crippen LogP contribution in [0.1, 0.15) is 16.0 Å². The third-order valence-corrected chi connectivity index (χ3v) is 5.21. The van der Waals surface area contributed by atoms with Gasteiger partial charge >= 0.3 is 0 Å². The van der Waals surface area contributed by atoms with Crippen LogP contribution in [0.3, 0.4) is 0 Å². The average molecular weight is 427 g/mol. The Hall–Kier alpha value is -0.140. The van der Waals surface area contributed by atoms with Crippen molar-refractivity contribution in [3.05, 3.63) is 49.5 Å². The second-order valence-electron chi connectivity index (χ2n) is 3.44. The van der Waals surface area contributed by atoms with Gasteiger partial charge in [-0.05, 0) is 57.3 Å². The molecule has 0 bridgehead atoms. The largest absolute Gasteiger partial charge is 0.494 e. The van der Waals surface area contributed by atoms with Crippen molar-refractivity contribution in [2.45, 2.75) is 4.83 Å². The number of thiophene rings is 1. The van der Waals surface area contributed by atoms with E-state index in [0.29, 0.717) is 0 Å². The first kappa shape index (κ1) is 13.3. The van der Waals surface area contributed by atoms with Crippen LogP contribution in [-0.2, 0) is 0 Å². The van der Waals surface area contributed by atoms with Gasteiger partial charge in [0.25, 0.3) is 0 Å². The summed E-state index contributed by atoms with van der Waals surface area (Å²) >= 11 is 7.54. The summed E-state index contributed by atoms with van der Waals surface area (Å²) in [5.74, 6) is -0.0623. The highest BCUT2D eigenvalue weighted by Gasteiger charge is 2.14. The van der Waals surface area contributed by atoms with E-state index in [2.05, 4.69) is 50.0 Å². The average Bonchev–Trinajstić information content (AvgIpc) is 2.75. The molecule has 1 unspecified atom stereocenters. The van der Waals surface area contributed by atoms with E-state index in [1.807, 2.05) is 6.07 Å². The van der Waals surface area contributed by atoms with Crippen LogP contribution in [0, 0.1) is 8.70 Å². The quantitative estimate of drug-likeness (QED) is 0.496. The van der Waals surface area contributed by atoms with Crippen molar-refractivity contribution in [2.75, 3.05) is 7.11 Å². The van der Waals surface area contributed by atoms with Gasteiger partial charge in [0.15, 0.2) is 11.6 Å². The number of halogens is 3. The maximum Gasteiger partial charge on any atom is 0.165 e. The fraction of sp³-hybridized carbons (Fsp3) is 0.167. The summed E-state index contributed by atoms with van der Waals surface area (Å²) < 4.78 is 19.7. The van der Waals surface area contributed by atoms with Gasteiger partial charge in [0.1, 0.15) is 0 Å². The molecule has 0 saturated heterocycles. The zero-order chi connectivity index (χ0) is 12.4. The van der Waals surface area contributed by atoms with Gasteiger partial charge in [0.2, 0.25) is 0 Å². The van der Waals surface area contributed by atoms with E-state index in [0.717, 1.165) is 11.1 Å². The molecule has 1 nitrogen and oxygen atoms in total. The maximum absolute atomic E-state index is 13.6. The van der Waals surface area contributed by atoms with E-state index in [1.165, 1.54) is 16.1 Å². The van der Waals surface area contributed by atoms with E-state index >= 15 is 0 Å². The number of hydrogen-bond acceptors (Lipinski definition) is 2. The Labute approximate surface area is 125 Å². The van der Waals surface area contributed by atoms with Crippen LogP contribution in [0.15, 0.2) is 29.6 Å². The van der Waals surface area contributed by atoms with Gasteiger partial charge in [-0.3, -0.25) is 0 Å². The molecule has 1 aromatic heterocycles. The van der Waals surface area contributed by atoms with Crippen molar-refractivity contribution < 1.29 is 9.13 Å². The first-order valence-electron chi connectivity index (χ1n) is 4.83. The zero-order valence-electron chi connectivity index (χ0n) is 8.91. The Morgan fingerprint density at radius 1 is 1.35 bits per heavy atom. The number of benzene rings is 1. The van der Waals surface area contributed by atoms with Crippen LogP contribution >= 0.6 is 49.9 Å². The lowest BCUT2D eigenvalue weighted by molar-refractivity contribution is 0.386. The molecule has 0 amide bonds. The van der Waals surface area contributed by atoms with Gasteiger partial charge in [-0.1, -0.05) is 22.0 Å². The van der Waals surface area contributed by atoms with Gasteiger partial charge in [0, 0.05) is 0 Å². The van der Waals surface area contributed by atoms with Crippen LogP contribution in [-0.4, -0.2) is 7.11 Å². The first-order chi connectivity index (χ1) is 8.11. The summed E-state index contributed by atoms with van der Waals surface area (Å²) in [5.41, 5.74) is 2.03. The molecule has 0 aliphatic carbocycles. The summed E-state index contributed by atoms with van der Waals surface area (Å²) in [4.78, 5) is 0.0164. The van der Waals surface area contributed by atoms with E-state index < -0.39 is 0 Å². The highest BCUT2D eigenvalue weighted by molar-refractivity contribution is 14.1. The lowest BCUT2D eigenvalue weighted by Gasteiger charge is -2.10. The molecule has 1 heterocycles. The molecule has 2 rings (SSSR count). The molecular weight excluding hydrogens is 418 g/mol. The molecule has 17 heavy (non-hydrogen) atoms. The molecule has 0 spiro atoms. The topological polar surface area (TPSA) is 9.23 Å². The van der Waals surface area contributed by atoms with E-state index in [4.69, 9.17) is 4.74 Å². The summed E-state index contributed by atoms with van der Waals surface area (Å²) in [6, 6.07) is 7.11. The molecular formula is C12H9BrFIOS. The first-order valence-corrected chi connectivity index (χ1v) is 7.70. The lowest BCUT2D eigenvalue weighted by Crippen LogP contribution is -1.94. The maximum atomic E-state index is 13.6. The normalized spacial score (nSPS) is 12.5. The lowest BCUT2D eigenvalue weighted by atomic mass is 10.1. The Balaban J connectivity index is 2.31. The number of hydrogen-bond donors (Lipinski definition) is 0. The summed E-state index contributed by atoms with van der Waals surface area (Å²) in [6.45, 7) is 0. The molecule has 0 aliphatic heterocycles. The number of alkyl halides is 1. The van der Waals surface area contributed by atoms with Crippen molar-refractivity contribution in [3.8, 4) is 5.75 Å². The Morgan fingerprint density at radius 2 is 2.12 bits per heavy atom. The highest BCUT2D eigenvalue weighted by Crippen LogP contribution is 2.35. The minimum Gasteiger partial charge on any atom is -0.494 e. The van der Waals surface area contributed by atoms with Crippen LogP contribution < -0.4 is 4.74 Å². The third-order valence-electron chi connectivity index (χ3n) is 2.35. The van der Waals surface area contributed by atoms with Gasteiger partial charge in [0.05, 0.1) is 14.8 Å². The number of ether oxygens (including phenoxy) is 1. The Kier molecular flexibility index (Phi) is 4.43. The summed E-state index contributed by atoms with van der Waals surface area (Å²) in [7, 11) is 1.46. The van der Waals surface area contributed by atoms with Crippen molar-refractivity contribution in [2.24, 2.45) is 0 Å². The molecule has 0 saturated carbocycles. The molecule has 0 N–H and O–H groups in total. The zero-order valence-corrected chi connectivity index (χ0v) is 13.5. The fourth-order valence-corrected chi connectivity index (χ4v) is 3.61. The SMILES string of the molecule is COc1ccc(C(Br)c2csc(I)c2)cc1F. The predicted octanol–water partition coefficient (Wildman–Crippen LogP) is 4.98. The number of rotatable bonds is 3. The Morgan fingerprint density at radius 3 is 2.65 bits per heavy atom. The monoisotopic (exact) mass is 426 g/mol.